The summed E-state index contributed by atoms with van der Waals surface area (Å²) in [4.78, 5) is 0. The van der Waals surface area contributed by atoms with Gasteiger partial charge < -0.3 is 4.42 Å². The van der Waals surface area contributed by atoms with Crippen molar-refractivity contribution in [1.29, 1.82) is 0 Å². The third-order valence-electron chi connectivity index (χ3n) is 2.60. The van der Waals surface area contributed by atoms with Gasteiger partial charge in [-0.3, -0.25) is 0 Å². The number of rotatable bonds is 1. The van der Waals surface area contributed by atoms with Crippen molar-refractivity contribution < 1.29 is 4.42 Å². The topological polar surface area (TPSA) is 13.1 Å². The molecule has 0 aliphatic heterocycles. The van der Waals surface area contributed by atoms with E-state index in [2.05, 4.69) is 34.1 Å². The molecule has 0 spiro atoms. The average molecular weight is 261 g/mol. The van der Waals surface area contributed by atoms with Gasteiger partial charge in [-0.15, -0.1) is 0 Å². The first-order chi connectivity index (χ1) is 7.38. The fourth-order valence-electron chi connectivity index (χ4n) is 1.86. The molecule has 0 saturated carbocycles. The van der Waals surface area contributed by atoms with Gasteiger partial charge in [-0.05, 0) is 23.8 Å². The fraction of sp³-hybridized carbons (Fsp3) is 0.0769. The largest absolute Gasteiger partial charge is 0.456 e. The van der Waals surface area contributed by atoms with Crippen LogP contribution in [0.5, 0.6) is 0 Å². The van der Waals surface area contributed by atoms with E-state index in [4.69, 9.17) is 4.42 Å². The molecule has 1 heterocycles. The third-order valence-corrected chi connectivity index (χ3v) is 3.24. The highest BCUT2D eigenvalue weighted by atomic mass is 79.9. The summed E-state index contributed by atoms with van der Waals surface area (Å²) in [6.07, 6.45) is 0. The van der Waals surface area contributed by atoms with Gasteiger partial charge in [0.15, 0.2) is 0 Å². The molecule has 0 amide bonds. The molecule has 0 saturated heterocycles. The quantitative estimate of drug-likeness (QED) is 0.588. The van der Waals surface area contributed by atoms with Crippen molar-refractivity contribution in [2.24, 2.45) is 0 Å². The minimum absolute atomic E-state index is 0.877. The molecule has 0 fully saturated rings. The average Bonchev–Trinajstić information content (AvgIpc) is 2.66. The monoisotopic (exact) mass is 260 g/mol. The lowest BCUT2D eigenvalue weighted by Gasteiger charge is -1.94. The summed E-state index contributed by atoms with van der Waals surface area (Å²) < 4.78 is 5.74. The molecule has 0 unspecified atom stereocenters. The first-order valence-corrected chi connectivity index (χ1v) is 5.97. The summed E-state index contributed by atoms with van der Waals surface area (Å²) in [5, 5.41) is 3.26. The maximum atomic E-state index is 5.74. The number of halogens is 1. The van der Waals surface area contributed by atoms with Crippen LogP contribution in [0.1, 0.15) is 5.56 Å². The number of hydrogen-bond donors (Lipinski definition) is 0. The van der Waals surface area contributed by atoms with E-state index >= 15 is 0 Å². The lowest BCUT2D eigenvalue weighted by atomic mass is 10.1. The van der Waals surface area contributed by atoms with Crippen LogP contribution in [0.15, 0.2) is 46.9 Å². The highest BCUT2D eigenvalue weighted by Crippen LogP contribution is 2.29. The molecule has 3 aromatic rings. The first-order valence-electron chi connectivity index (χ1n) is 4.84. The van der Waals surface area contributed by atoms with E-state index in [1.54, 1.807) is 0 Å². The fourth-order valence-corrected chi connectivity index (χ4v) is 2.21. The summed E-state index contributed by atoms with van der Waals surface area (Å²) in [5.41, 5.74) is 3.19. The van der Waals surface area contributed by atoms with E-state index in [0.29, 0.717) is 0 Å². The number of hydrogen-bond acceptors (Lipinski definition) is 1. The van der Waals surface area contributed by atoms with E-state index in [-0.39, 0.29) is 0 Å². The number of furan rings is 1. The summed E-state index contributed by atoms with van der Waals surface area (Å²) in [6.45, 7) is 0. The van der Waals surface area contributed by atoms with Gasteiger partial charge in [0.2, 0.25) is 0 Å². The zero-order chi connectivity index (χ0) is 10.3. The van der Waals surface area contributed by atoms with Crippen LogP contribution in [-0.4, -0.2) is 0 Å². The molecule has 1 aromatic heterocycles. The molecule has 74 valence electrons. The number of alkyl halides is 1. The number of para-hydroxylation sites is 1. The maximum absolute atomic E-state index is 5.74. The zero-order valence-electron chi connectivity index (χ0n) is 8.03. The van der Waals surface area contributed by atoms with Crippen molar-refractivity contribution in [2.45, 2.75) is 5.33 Å². The second-order valence-electron chi connectivity index (χ2n) is 3.56. The molecule has 1 nitrogen and oxygen atoms in total. The molecule has 0 aliphatic carbocycles. The molecular weight excluding hydrogens is 252 g/mol. The molecule has 2 heteroatoms. The Kier molecular flexibility index (Phi) is 2.03. The van der Waals surface area contributed by atoms with Gasteiger partial charge in [0.25, 0.3) is 0 Å². The Hall–Kier alpha value is -1.28. The van der Waals surface area contributed by atoms with Crippen LogP contribution in [0.2, 0.25) is 0 Å². The van der Waals surface area contributed by atoms with Gasteiger partial charge in [-0.2, -0.15) is 0 Å². The molecule has 2 aromatic carbocycles. The first kappa shape index (κ1) is 8.98. The molecule has 0 N–H and O–H groups in total. The smallest absolute Gasteiger partial charge is 0.135 e. The van der Waals surface area contributed by atoms with Crippen LogP contribution in [0.3, 0.4) is 0 Å². The van der Waals surface area contributed by atoms with Crippen LogP contribution in [0.4, 0.5) is 0 Å². The Balaban J connectivity index is 2.46. The summed E-state index contributed by atoms with van der Waals surface area (Å²) in [7, 11) is 0. The Bertz CT molecular complexity index is 625. The van der Waals surface area contributed by atoms with Crippen molar-refractivity contribution in [3.63, 3.8) is 0 Å². The standard InChI is InChI=1S/C13H9BrO/c14-8-9-5-6-13-11(7-9)10-3-1-2-4-12(10)15-13/h1-7H,8H2. The Morgan fingerprint density at radius 3 is 2.60 bits per heavy atom. The van der Waals surface area contributed by atoms with Crippen LogP contribution < -0.4 is 0 Å². The predicted molar refractivity (Wildman–Crippen MR) is 66.4 cm³/mol. The van der Waals surface area contributed by atoms with Gasteiger partial charge in [0.05, 0.1) is 0 Å². The molecule has 15 heavy (non-hydrogen) atoms. The molecule has 3 rings (SSSR count). The van der Waals surface area contributed by atoms with Gasteiger partial charge in [-0.1, -0.05) is 40.2 Å². The van der Waals surface area contributed by atoms with Crippen molar-refractivity contribution in [3.05, 3.63) is 48.0 Å². The van der Waals surface area contributed by atoms with E-state index in [1.807, 2.05) is 24.3 Å². The summed E-state index contributed by atoms with van der Waals surface area (Å²) in [5.74, 6) is 0. The lowest BCUT2D eigenvalue weighted by molar-refractivity contribution is 0.669. The Labute approximate surface area is 95.8 Å². The predicted octanol–water partition coefficient (Wildman–Crippen LogP) is 4.48. The second-order valence-corrected chi connectivity index (χ2v) is 4.12. The van der Waals surface area contributed by atoms with E-state index in [1.165, 1.54) is 16.3 Å². The van der Waals surface area contributed by atoms with Crippen LogP contribution >= 0.6 is 15.9 Å². The highest BCUT2D eigenvalue weighted by molar-refractivity contribution is 9.08. The third kappa shape index (κ3) is 1.37. The van der Waals surface area contributed by atoms with Gasteiger partial charge in [0.1, 0.15) is 11.2 Å². The SMILES string of the molecule is BrCc1ccc2oc3ccccc3c2c1. The zero-order valence-corrected chi connectivity index (χ0v) is 9.62. The summed E-state index contributed by atoms with van der Waals surface area (Å²) >= 11 is 3.46. The van der Waals surface area contributed by atoms with Crippen LogP contribution in [0, 0.1) is 0 Å². The normalized spacial score (nSPS) is 11.3. The van der Waals surface area contributed by atoms with E-state index < -0.39 is 0 Å². The Morgan fingerprint density at radius 2 is 1.73 bits per heavy atom. The lowest BCUT2D eigenvalue weighted by Crippen LogP contribution is -1.74. The minimum Gasteiger partial charge on any atom is -0.456 e. The molecule has 0 atom stereocenters. The van der Waals surface area contributed by atoms with Crippen LogP contribution in [-0.2, 0) is 5.33 Å². The minimum atomic E-state index is 0.877. The number of fused-ring (bicyclic) bond motifs is 3. The second kappa shape index (κ2) is 3.38. The maximum Gasteiger partial charge on any atom is 0.135 e. The van der Waals surface area contributed by atoms with Crippen molar-refractivity contribution in [1.82, 2.24) is 0 Å². The highest BCUT2D eigenvalue weighted by Gasteiger charge is 2.05. The molecular formula is C13H9BrO. The van der Waals surface area contributed by atoms with Gasteiger partial charge >= 0.3 is 0 Å². The van der Waals surface area contributed by atoms with E-state index in [9.17, 15) is 0 Å². The van der Waals surface area contributed by atoms with Gasteiger partial charge in [-0.25, -0.2) is 0 Å². The summed E-state index contributed by atoms with van der Waals surface area (Å²) in [6, 6.07) is 14.4. The Morgan fingerprint density at radius 1 is 0.933 bits per heavy atom. The van der Waals surface area contributed by atoms with E-state index in [0.717, 1.165) is 16.5 Å². The van der Waals surface area contributed by atoms with Gasteiger partial charge in [0, 0.05) is 16.1 Å². The molecule has 0 radical (unpaired) electrons. The number of benzene rings is 2. The van der Waals surface area contributed by atoms with Crippen molar-refractivity contribution in [3.8, 4) is 0 Å². The van der Waals surface area contributed by atoms with Crippen molar-refractivity contribution >= 4 is 37.9 Å². The van der Waals surface area contributed by atoms with Crippen LogP contribution in [0.25, 0.3) is 21.9 Å². The molecule has 0 aliphatic rings. The molecule has 0 bridgehead atoms. The van der Waals surface area contributed by atoms with Crippen molar-refractivity contribution in [2.75, 3.05) is 0 Å².